The molecule has 1 aromatic carbocycles. The number of amides is 2. The minimum absolute atomic E-state index is 0.0973. The maximum Gasteiger partial charge on any atom is 0.251 e. The highest BCUT2D eigenvalue weighted by Gasteiger charge is 2.25. The monoisotopic (exact) mass is 304 g/mol. The van der Waals surface area contributed by atoms with Gasteiger partial charge in [-0.2, -0.15) is 0 Å². The van der Waals surface area contributed by atoms with Gasteiger partial charge < -0.3 is 15.7 Å². The second-order valence-corrected chi connectivity index (χ2v) is 6.01. The molecule has 5 heteroatoms. The van der Waals surface area contributed by atoms with E-state index in [0.29, 0.717) is 12.1 Å². The third kappa shape index (κ3) is 4.84. The Balaban J connectivity index is 1.71. The van der Waals surface area contributed by atoms with Crippen molar-refractivity contribution in [2.45, 2.75) is 44.8 Å². The number of carbonyl (C=O) groups excluding carboxylic acids is 2. The van der Waals surface area contributed by atoms with Crippen molar-refractivity contribution in [1.29, 1.82) is 0 Å². The molecular weight excluding hydrogens is 280 g/mol. The van der Waals surface area contributed by atoms with Gasteiger partial charge in [-0.05, 0) is 31.9 Å². The minimum Gasteiger partial charge on any atom is -0.393 e. The van der Waals surface area contributed by atoms with Crippen LogP contribution in [-0.4, -0.2) is 35.6 Å². The van der Waals surface area contributed by atoms with Crippen LogP contribution in [-0.2, 0) is 4.79 Å². The van der Waals surface area contributed by atoms with Gasteiger partial charge in [-0.1, -0.05) is 24.6 Å². The molecule has 0 bridgehead atoms. The topological polar surface area (TPSA) is 78.4 Å². The van der Waals surface area contributed by atoms with Crippen molar-refractivity contribution < 1.29 is 14.7 Å². The van der Waals surface area contributed by atoms with Gasteiger partial charge in [-0.25, -0.2) is 0 Å². The lowest BCUT2D eigenvalue weighted by Crippen LogP contribution is -2.39. The smallest absolute Gasteiger partial charge is 0.251 e. The number of carbonyl (C=O) groups is 2. The maximum absolute atomic E-state index is 12.0. The lowest BCUT2D eigenvalue weighted by Gasteiger charge is -2.17. The highest BCUT2D eigenvalue weighted by atomic mass is 16.3. The Morgan fingerprint density at radius 3 is 2.64 bits per heavy atom. The van der Waals surface area contributed by atoms with Crippen LogP contribution in [0.2, 0.25) is 0 Å². The van der Waals surface area contributed by atoms with Crippen molar-refractivity contribution in [2.75, 3.05) is 6.54 Å². The van der Waals surface area contributed by atoms with Crippen molar-refractivity contribution in [3.05, 3.63) is 35.9 Å². The first-order chi connectivity index (χ1) is 10.6. The Labute approximate surface area is 131 Å². The fourth-order valence-electron chi connectivity index (χ4n) is 2.80. The molecule has 3 atom stereocenters. The molecule has 2 rings (SSSR count). The average Bonchev–Trinajstić information content (AvgIpc) is 2.91. The van der Waals surface area contributed by atoms with Crippen LogP contribution in [0.1, 0.15) is 43.0 Å². The predicted octanol–water partition coefficient (Wildman–Crippen LogP) is 1.47. The second kappa shape index (κ2) is 7.94. The first-order valence-electron chi connectivity index (χ1n) is 7.87. The zero-order valence-corrected chi connectivity index (χ0v) is 12.9. The van der Waals surface area contributed by atoms with Crippen LogP contribution in [0.15, 0.2) is 30.3 Å². The average molecular weight is 304 g/mol. The molecule has 0 saturated heterocycles. The molecule has 22 heavy (non-hydrogen) atoms. The van der Waals surface area contributed by atoms with Gasteiger partial charge in [0.1, 0.15) is 0 Å². The molecule has 3 unspecified atom stereocenters. The van der Waals surface area contributed by atoms with Gasteiger partial charge in [0.2, 0.25) is 5.91 Å². The van der Waals surface area contributed by atoms with E-state index in [9.17, 15) is 14.7 Å². The molecule has 1 aromatic rings. The zero-order chi connectivity index (χ0) is 15.9. The second-order valence-electron chi connectivity index (χ2n) is 6.01. The van der Waals surface area contributed by atoms with Crippen molar-refractivity contribution in [3.8, 4) is 0 Å². The standard InChI is InChI=1S/C17H24N2O3/c1-12(19-17(22)13-6-3-2-4-7-13)10-16(21)18-11-14-8-5-9-15(14)20/h2-4,6-7,12,14-15,20H,5,8-11H2,1H3,(H,18,21)(H,19,22). The predicted molar refractivity (Wildman–Crippen MR) is 84.3 cm³/mol. The normalized spacial score (nSPS) is 22.1. The van der Waals surface area contributed by atoms with Crippen LogP contribution in [0.4, 0.5) is 0 Å². The molecule has 5 nitrogen and oxygen atoms in total. The fourth-order valence-corrected chi connectivity index (χ4v) is 2.80. The first-order valence-corrected chi connectivity index (χ1v) is 7.87. The maximum atomic E-state index is 12.0. The van der Waals surface area contributed by atoms with E-state index in [0.717, 1.165) is 19.3 Å². The van der Waals surface area contributed by atoms with Gasteiger partial charge in [0, 0.05) is 30.5 Å². The van der Waals surface area contributed by atoms with E-state index in [2.05, 4.69) is 10.6 Å². The van der Waals surface area contributed by atoms with E-state index in [1.54, 1.807) is 24.3 Å². The van der Waals surface area contributed by atoms with E-state index < -0.39 is 0 Å². The minimum atomic E-state index is -0.296. The van der Waals surface area contributed by atoms with Gasteiger partial charge in [0.25, 0.3) is 5.91 Å². The van der Waals surface area contributed by atoms with Gasteiger partial charge >= 0.3 is 0 Å². The summed E-state index contributed by atoms with van der Waals surface area (Å²) >= 11 is 0. The summed E-state index contributed by atoms with van der Waals surface area (Å²) in [6.07, 6.45) is 2.74. The van der Waals surface area contributed by atoms with E-state index in [1.807, 2.05) is 13.0 Å². The summed E-state index contributed by atoms with van der Waals surface area (Å²) in [7, 11) is 0. The molecule has 0 radical (unpaired) electrons. The molecule has 1 saturated carbocycles. The summed E-state index contributed by atoms with van der Waals surface area (Å²) in [6.45, 7) is 2.32. The Kier molecular flexibility index (Phi) is 5.95. The highest BCUT2D eigenvalue weighted by Crippen LogP contribution is 2.24. The van der Waals surface area contributed by atoms with Crippen molar-refractivity contribution in [2.24, 2.45) is 5.92 Å². The lowest BCUT2D eigenvalue weighted by molar-refractivity contribution is -0.121. The van der Waals surface area contributed by atoms with Gasteiger partial charge in [-0.15, -0.1) is 0 Å². The van der Waals surface area contributed by atoms with Crippen molar-refractivity contribution >= 4 is 11.8 Å². The van der Waals surface area contributed by atoms with E-state index in [-0.39, 0.29) is 36.3 Å². The molecule has 120 valence electrons. The van der Waals surface area contributed by atoms with Crippen LogP contribution in [0, 0.1) is 5.92 Å². The third-order valence-corrected chi connectivity index (χ3v) is 4.09. The summed E-state index contributed by atoms with van der Waals surface area (Å²) in [5, 5.41) is 15.4. The van der Waals surface area contributed by atoms with Gasteiger partial charge in [0.05, 0.1) is 6.10 Å². The molecule has 0 aliphatic heterocycles. The van der Waals surface area contributed by atoms with Gasteiger partial charge in [0.15, 0.2) is 0 Å². The molecule has 0 heterocycles. The van der Waals surface area contributed by atoms with Crippen molar-refractivity contribution in [1.82, 2.24) is 10.6 Å². The number of hydrogen-bond acceptors (Lipinski definition) is 3. The summed E-state index contributed by atoms with van der Waals surface area (Å²) < 4.78 is 0. The van der Waals surface area contributed by atoms with Crippen LogP contribution < -0.4 is 10.6 Å². The Morgan fingerprint density at radius 2 is 2.00 bits per heavy atom. The third-order valence-electron chi connectivity index (χ3n) is 4.09. The number of aliphatic hydroxyl groups is 1. The molecular formula is C17H24N2O3. The first kappa shape index (κ1) is 16.5. The molecule has 0 spiro atoms. The number of benzene rings is 1. The van der Waals surface area contributed by atoms with Gasteiger partial charge in [-0.3, -0.25) is 9.59 Å². The van der Waals surface area contributed by atoms with Crippen LogP contribution >= 0.6 is 0 Å². The number of hydrogen-bond donors (Lipinski definition) is 3. The Morgan fingerprint density at radius 1 is 1.27 bits per heavy atom. The zero-order valence-electron chi connectivity index (χ0n) is 12.9. The largest absolute Gasteiger partial charge is 0.393 e. The quantitative estimate of drug-likeness (QED) is 0.745. The molecule has 0 aromatic heterocycles. The number of rotatable bonds is 6. The van der Waals surface area contributed by atoms with E-state index in [4.69, 9.17) is 0 Å². The van der Waals surface area contributed by atoms with Crippen LogP contribution in [0.3, 0.4) is 0 Å². The summed E-state index contributed by atoms with van der Waals surface area (Å²) in [6, 6.07) is 8.71. The molecule has 1 fully saturated rings. The molecule has 1 aliphatic rings. The number of nitrogens with one attached hydrogen (secondary N) is 2. The highest BCUT2D eigenvalue weighted by molar-refractivity contribution is 5.94. The van der Waals surface area contributed by atoms with Crippen LogP contribution in [0.5, 0.6) is 0 Å². The summed E-state index contributed by atoms with van der Waals surface area (Å²) in [4.78, 5) is 23.9. The van der Waals surface area contributed by atoms with E-state index in [1.165, 1.54) is 0 Å². The summed E-state index contributed by atoms with van der Waals surface area (Å²) in [5.41, 5.74) is 0.587. The fraction of sp³-hybridized carbons (Fsp3) is 0.529. The Bertz CT molecular complexity index is 504. The number of aliphatic hydroxyl groups excluding tert-OH is 1. The molecule has 2 amide bonds. The lowest BCUT2D eigenvalue weighted by atomic mass is 10.1. The Hall–Kier alpha value is -1.88. The van der Waals surface area contributed by atoms with Crippen LogP contribution in [0.25, 0.3) is 0 Å². The SMILES string of the molecule is CC(CC(=O)NCC1CCCC1O)NC(=O)c1ccccc1. The molecule has 1 aliphatic carbocycles. The summed E-state index contributed by atoms with van der Waals surface area (Å²) in [5.74, 6) is -0.106. The van der Waals surface area contributed by atoms with Crippen molar-refractivity contribution in [3.63, 3.8) is 0 Å². The van der Waals surface area contributed by atoms with E-state index >= 15 is 0 Å². The molecule has 3 N–H and O–H groups in total.